The summed E-state index contributed by atoms with van der Waals surface area (Å²) < 4.78 is 7.03. The van der Waals surface area contributed by atoms with Crippen molar-refractivity contribution in [2.24, 2.45) is 0 Å². The highest BCUT2D eigenvalue weighted by Crippen LogP contribution is 2.20. The monoisotopic (exact) mass is 354 g/mol. The summed E-state index contributed by atoms with van der Waals surface area (Å²) in [6, 6.07) is 9.07. The number of rotatable bonds is 7. The number of anilines is 1. The minimum Gasteiger partial charge on any atom is -0.334 e. The van der Waals surface area contributed by atoms with E-state index in [0.29, 0.717) is 37.0 Å². The van der Waals surface area contributed by atoms with E-state index in [1.54, 1.807) is 15.8 Å². The number of likely N-dealkylation sites (N-methyl/N-ethyl adjacent to an activating group) is 1. The maximum Gasteiger partial charge on any atom is 0.321 e. The lowest BCUT2D eigenvalue weighted by molar-refractivity contribution is 0.211. The smallest absolute Gasteiger partial charge is 0.321 e. The van der Waals surface area contributed by atoms with E-state index >= 15 is 0 Å². The third-order valence-electron chi connectivity index (χ3n) is 3.99. The number of benzene rings is 1. The van der Waals surface area contributed by atoms with Crippen molar-refractivity contribution in [3.63, 3.8) is 0 Å². The fourth-order valence-electron chi connectivity index (χ4n) is 2.47. The summed E-state index contributed by atoms with van der Waals surface area (Å²) in [5.41, 5.74) is 1.53. The van der Waals surface area contributed by atoms with Crippen molar-refractivity contribution in [1.82, 2.24) is 24.8 Å². The molecule has 1 aromatic carbocycles. The molecule has 136 valence electrons. The van der Waals surface area contributed by atoms with Gasteiger partial charge in [-0.3, -0.25) is 4.68 Å². The van der Waals surface area contributed by atoms with Gasteiger partial charge in [0.05, 0.1) is 6.54 Å². The molecule has 0 saturated carbocycles. The Morgan fingerprint density at radius 1 is 1.27 bits per heavy atom. The summed E-state index contributed by atoms with van der Waals surface area (Å²) in [4.78, 5) is 18.5. The molecule has 3 rings (SSSR count). The normalized spacial score (nSPS) is 10.7. The van der Waals surface area contributed by atoms with Gasteiger partial charge < -0.3 is 14.7 Å². The van der Waals surface area contributed by atoms with Crippen LogP contribution in [0.25, 0.3) is 11.5 Å². The largest absolute Gasteiger partial charge is 0.334 e. The van der Waals surface area contributed by atoms with E-state index < -0.39 is 0 Å². The Morgan fingerprint density at radius 3 is 2.69 bits per heavy atom. The lowest BCUT2D eigenvalue weighted by Crippen LogP contribution is -2.37. The SMILES string of the molecule is CCc1noc(-c2ccc(NC(=O)N(CC)CCn3cccn3)cc2)n1. The van der Waals surface area contributed by atoms with Gasteiger partial charge >= 0.3 is 6.03 Å². The van der Waals surface area contributed by atoms with Crippen LogP contribution in [0.2, 0.25) is 0 Å². The standard InChI is InChI=1S/C18H22N6O2/c1-3-16-21-17(26-22-16)14-6-8-15(9-7-14)20-18(25)23(4-2)12-13-24-11-5-10-19-24/h5-11H,3-4,12-13H2,1-2H3,(H,20,25). The zero-order valence-electron chi connectivity index (χ0n) is 14.9. The van der Waals surface area contributed by atoms with Crippen LogP contribution in [0.1, 0.15) is 19.7 Å². The summed E-state index contributed by atoms with van der Waals surface area (Å²) in [6.45, 7) is 5.78. The van der Waals surface area contributed by atoms with E-state index in [9.17, 15) is 4.79 Å². The molecule has 8 heteroatoms. The predicted molar refractivity (Wildman–Crippen MR) is 97.6 cm³/mol. The quantitative estimate of drug-likeness (QED) is 0.704. The zero-order valence-corrected chi connectivity index (χ0v) is 14.9. The molecule has 2 heterocycles. The van der Waals surface area contributed by atoms with Gasteiger partial charge in [-0.15, -0.1) is 0 Å². The molecule has 0 unspecified atom stereocenters. The summed E-state index contributed by atoms with van der Waals surface area (Å²) in [7, 11) is 0. The lowest BCUT2D eigenvalue weighted by atomic mass is 10.2. The van der Waals surface area contributed by atoms with Crippen LogP contribution < -0.4 is 5.32 Å². The predicted octanol–water partition coefficient (Wildman–Crippen LogP) is 3.05. The third kappa shape index (κ3) is 4.27. The molecular weight excluding hydrogens is 332 g/mol. The number of aromatic nitrogens is 4. The molecule has 0 bridgehead atoms. The van der Waals surface area contributed by atoms with E-state index in [0.717, 1.165) is 12.0 Å². The zero-order chi connectivity index (χ0) is 18.4. The van der Waals surface area contributed by atoms with Crippen LogP contribution in [0, 0.1) is 0 Å². The van der Waals surface area contributed by atoms with Crippen molar-refractivity contribution >= 4 is 11.7 Å². The Hall–Kier alpha value is -3.16. The van der Waals surface area contributed by atoms with Crippen LogP contribution in [-0.2, 0) is 13.0 Å². The Labute approximate surface area is 151 Å². The van der Waals surface area contributed by atoms with Crippen LogP contribution in [0.3, 0.4) is 0 Å². The van der Waals surface area contributed by atoms with Crippen LogP contribution in [0.4, 0.5) is 10.5 Å². The van der Waals surface area contributed by atoms with E-state index in [4.69, 9.17) is 4.52 Å². The maximum absolute atomic E-state index is 12.4. The van der Waals surface area contributed by atoms with E-state index in [2.05, 4.69) is 20.6 Å². The Balaban J connectivity index is 1.59. The summed E-state index contributed by atoms with van der Waals surface area (Å²) in [5, 5.41) is 10.9. The molecule has 0 aliphatic carbocycles. The van der Waals surface area contributed by atoms with Gasteiger partial charge in [-0.2, -0.15) is 10.1 Å². The van der Waals surface area contributed by atoms with E-state index in [1.165, 1.54) is 0 Å². The van der Waals surface area contributed by atoms with Crippen molar-refractivity contribution in [3.05, 3.63) is 48.5 Å². The molecule has 0 spiro atoms. The highest BCUT2D eigenvalue weighted by molar-refractivity contribution is 5.89. The van der Waals surface area contributed by atoms with Crippen molar-refractivity contribution in [3.8, 4) is 11.5 Å². The first kappa shape index (κ1) is 17.7. The fraction of sp³-hybridized carbons (Fsp3) is 0.333. The number of carbonyl (C=O) groups is 1. The first-order chi connectivity index (χ1) is 12.7. The molecule has 3 aromatic rings. The van der Waals surface area contributed by atoms with Gasteiger partial charge in [0.25, 0.3) is 5.89 Å². The van der Waals surface area contributed by atoms with Gasteiger partial charge in [0.15, 0.2) is 5.82 Å². The van der Waals surface area contributed by atoms with Gasteiger partial charge in [0, 0.05) is 43.2 Å². The number of carbonyl (C=O) groups excluding carboxylic acids is 1. The van der Waals surface area contributed by atoms with Crippen molar-refractivity contribution < 1.29 is 9.32 Å². The fourth-order valence-corrected chi connectivity index (χ4v) is 2.47. The third-order valence-corrected chi connectivity index (χ3v) is 3.99. The molecule has 0 atom stereocenters. The summed E-state index contributed by atoms with van der Waals surface area (Å²) in [6.07, 6.45) is 4.33. The number of hydrogen-bond acceptors (Lipinski definition) is 5. The van der Waals surface area contributed by atoms with E-state index in [1.807, 2.05) is 50.4 Å². The summed E-state index contributed by atoms with van der Waals surface area (Å²) >= 11 is 0. The number of amides is 2. The van der Waals surface area contributed by atoms with Crippen molar-refractivity contribution in [1.29, 1.82) is 0 Å². The molecule has 2 aromatic heterocycles. The number of aryl methyl sites for hydroxylation is 1. The molecule has 0 aliphatic heterocycles. The van der Waals surface area contributed by atoms with E-state index in [-0.39, 0.29) is 6.03 Å². The van der Waals surface area contributed by atoms with Crippen molar-refractivity contribution in [2.75, 3.05) is 18.4 Å². The molecule has 2 amide bonds. The average Bonchev–Trinajstić information content (AvgIpc) is 3.34. The Kier molecular flexibility index (Phi) is 5.62. The van der Waals surface area contributed by atoms with Gasteiger partial charge in [-0.25, -0.2) is 4.79 Å². The first-order valence-corrected chi connectivity index (χ1v) is 8.66. The maximum atomic E-state index is 12.4. The Bertz CT molecular complexity index is 826. The number of nitrogens with zero attached hydrogens (tertiary/aromatic N) is 5. The molecule has 26 heavy (non-hydrogen) atoms. The average molecular weight is 354 g/mol. The minimum atomic E-state index is -0.140. The molecule has 0 fully saturated rings. The number of nitrogens with one attached hydrogen (secondary N) is 1. The molecular formula is C18H22N6O2. The second-order valence-corrected chi connectivity index (χ2v) is 5.73. The molecule has 0 aliphatic rings. The molecule has 1 N–H and O–H groups in total. The molecule has 0 saturated heterocycles. The highest BCUT2D eigenvalue weighted by atomic mass is 16.5. The van der Waals surface area contributed by atoms with Crippen LogP contribution >= 0.6 is 0 Å². The highest BCUT2D eigenvalue weighted by Gasteiger charge is 2.12. The second kappa shape index (κ2) is 8.28. The van der Waals surface area contributed by atoms with Gasteiger partial charge in [-0.1, -0.05) is 12.1 Å². The first-order valence-electron chi connectivity index (χ1n) is 8.66. The topological polar surface area (TPSA) is 89.1 Å². The minimum absolute atomic E-state index is 0.140. The Morgan fingerprint density at radius 2 is 2.08 bits per heavy atom. The number of hydrogen-bond donors (Lipinski definition) is 1. The van der Waals surface area contributed by atoms with Crippen LogP contribution in [-0.4, -0.2) is 43.9 Å². The molecule has 0 radical (unpaired) electrons. The van der Waals surface area contributed by atoms with Gasteiger partial charge in [0.1, 0.15) is 0 Å². The van der Waals surface area contributed by atoms with Gasteiger partial charge in [0.2, 0.25) is 0 Å². The summed E-state index contributed by atoms with van der Waals surface area (Å²) in [5.74, 6) is 1.15. The second-order valence-electron chi connectivity index (χ2n) is 5.73. The van der Waals surface area contributed by atoms with Gasteiger partial charge in [-0.05, 0) is 37.3 Å². The van der Waals surface area contributed by atoms with Crippen LogP contribution in [0.5, 0.6) is 0 Å². The van der Waals surface area contributed by atoms with Crippen LogP contribution in [0.15, 0.2) is 47.2 Å². The van der Waals surface area contributed by atoms with Crippen molar-refractivity contribution in [2.45, 2.75) is 26.8 Å². The molecule has 8 nitrogen and oxygen atoms in total. The lowest BCUT2D eigenvalue weighted by Gasteiger charge is -2.21. The number of urea groups is 1.